The Kier molecular flexibility index (Phi) is 23.6. The molecule has 0 aliphatic carbocycles. The molecule has 2 nitrogen and oxygen atoms in total. The van der Waals surface area contributed by atoms with Crippen LogP contribution in [-0.2, 0) is 0 Å². The van der Waals surface area contributed by atoms with E-state index >= 15 is 0 Å². The minimum Gasteiger partial charge on any atom is -0.332 e. The normalized spacial score (nSPS) is 13.3. The molecular formula is C35H68N2. The van der Waals surface area contributed by atoms with Gasteiger partial charge in [0.2, 0.25) is 0 Å². The van der Waals surface area contributed by atoms with Gasteiger partial charge in [-0.3, -0.25) is 0 Å². The molecule has 0 radical (unpaired) electrons. The van der Waals surface area contributed by atoms with Crippen molar-refractivity contribution in [3.63, 3.8) is 0 Å². The summed E-state index contributed by atoms with van der Waals surface area (Å²) < 4.78 is 2.48. The van der Waals surface area contributed by atoms with Crippen LogP contribution in [0, 0.1) is 0 Å². The smallest absolute Gasteiger partial charge is 0.111 e. The maximum absolute atomic E-state index is 4.78. The van der Waals surface area contributed by atoms with Gasteiger partial charge in [-0.1, -0.05) is 175 Å². The molecule has 0 spiro atoms. The quantitative estimate of drug-likeness (QED) is 0.101. The topological polar surface area (TPSA) is 17.8 Å². The number of imidazole rings is 1. The second-order valence-electron chi connectivity index (χ2n) is 12.3. The molecule has 0 amide bonds. The highest BCUT2D eigenvalue weighted by molar-refractivity contribution is 5.00. The second-order valence-corrected chi connectivity index (χ2v) is 12.3. The van der Waals surface area contributed by atoms with Crippen LogP contribution >= 0.6 is 0 Å². The van der Waals surface area contributed by atoms with E-state index in [4.69, 9.17) is 4.98 Å². The average Bonchev–Trinajstić information content (AvgIpc) is 3.40. The predicted molar refractivity (Wildman–Crippen MR) is 167 cm³/mol. The van der Waals surface area contributed by atoms with E-state index in [2.05, 4.69) is 38.5 Å². The molecule has 0 saturated heterocycles. The molecule has 0 aromatic carbocycles. The van der Waals surface area contributed by atoms with Crippen molar-refractivity contribution in [2.24, 2.45) is 0 Å². The standard InChI is InChI=1S/C35H68N2/c1-5-7-9-11-13-15-16-17-18-19-20-21-22-23-25-27-29-33(3)35-36-31-32-37(35)34(4)30-28-26-24-14-12-10-8-6-2/h31-34H,5-30H2,1-4H3. The second kappa shape index (κ2) is 25.5. The van der Waals surface area contributed by atoms with Crippen LogP contribution in [0.25, 0.3) is 0 Å². The zero-order valence-electron chi connectivity index (χ0n) is 26.1. The largest absolute Gasteiger partial charge is 0.332 e. The van der Waals surface area contributed by atoms with Gasteiger partial charge in [0.25, 0.3) is 0 Å². The Labute approximate surface area is 234 Å². The lowest BCUT2D eigenvalue weighted by Crippen LogP contribution is -2.11. The summed E-state index contributed by atoms with van der Waals surface area (Å²) in [7, 11) is 0. The molecule has 2 heteroatoms. The first-order chi connectivity index (χ1) is 18.2. The van der Waals surface area contributed by atoms with Gasteiger partial charge in [0.15, 0.2) is 0 Å². The van der Waals surface area contributed by atoms with Crippen LogP contribution in [-0.4, -0.2) is 9.55 Å². The first kappa shape index (κ1) is 34.2. The number of hydrogen-bond donors (Lipinski definition) is 0. The molecule has 0 aliphatic heterocycles. The fourth-order valence-corrected chi connectivity index (χ4v) is 5.92. The Bertz CT molecular complexity index is 578. The Hall–Kier alpha value is -0.790. The fraction of sp³-hybridized carbons (Fsp3) is 0.914. The van der Waals surface area contributed by atoms with Gasteiger partial charge in [0, 0.05) is 24.4 Å². The van der Waals surface area contributed by atoms with Gasteiger partial charge < -0.3 is 4.57 Å². The molecule has 0 fully saturated rings. The van der Waals surface area contributed by atoms with Gasteiger partial charge in [0.1, 0.15) is 5.82 Å². The summed E-state index contributed by atoms with van der Waals surface area (Å²) in [5, 5.41) is 0. The van der Waals surface area contributed by atoms with Crippen LogP contribution in [0.15, 0.2) is 12.4 Å². The molecule has 218 valence electrons. The SMILES string of the molecule is CCCCCCCCCCCCCCCCCCC(C)c1nccn1C(C)CCCCCCCCCC. The first-order valence-corrected chi connectivity index (χ1v) is 17.2. The summed E-state index contributed by atoms with van der Waals surface area (Å²) in [6, 6.07) is 0.589. The molecule has 2 unspecified atom stereocenters. The van der Waals surface area contributed by atoms with E-state index in [9.17, 15) is 0 Å². The van der Waals surface area contributed by atoms with Crippen LogP contribution in [0.1, 0.15) is 212 Å². The van der Waals surface area contributed by atoms with Gasteiger partial charge >= 0.3 is 0 Å². The summed E-state index contributed by atoms with van der Waals surface area (Å²) in [6.07, 6.45) is 41.2. The highest BCUT2D eigenvalue weighted by Crippen LogP contribution is 2.26. The van der Waals surface area contributed by atoms with E-state index in [0.29, 0.717) is 12.0 Å². The molecule has 1 rings (SSSR count). The zero-order valence-corrected chi connectivity index (χ0v) is 26.1. The van der Waals surface area contributed by atoms with Crippen LogP contribution in [0.3, 0.4) is 0 Å². The summed E-state index contributed by atoms with van der Waals surface area (Å²) in [6.45, 7) is 9.40. The summed E-state index contributed by atoms with van der Waals surface area (Å²) in [5.41, 5.74) is 0. The Balaban J connectivity index is 1.99. The van der Waals surface area contributed by atoms with Crippen molar-refractivity contribution in [1.29, 1.82) is 0 Å². The molecule has 1 heterocycles. The first-order valence-electron chi connectivity index (χ1n) is 17.2. The third-order valence-electron chi connectivity index (χ3n) is 8.58. The molecular weight excluding hydrogens is 448 g/mol. The lowest BCUT2D eigenvalue weighted by atomic mass is 9.99. The van der Waals surface area contributed by atoms with E-state index in [0.717, 1.165) is 0 Å². The van der Waals surface area contributed by atoms with Gasteiger partial charge in [-0.05, 0) is 19.8 Å². The maximum Gasteiger partial charge on any atom is 0.111 e. The van der Waals surface area contributed by atoms with Crippen molar-refractivity contribution in [3.8, 4) is 0 Å². The number of unbranched alkanes of at least 4 members (excludes halogenated alkanes) is 22. The van der Waals surface area contributed by atoms with Crippen molar-refractivity contribution in [2.75, 3.05) is 0 Å². The molecule has 1 aromatic rings. The highest BCUT2D eigenvalue weighted by Gasteiger charge is 2.15. The average molecular weight is 517 g/mol. The van der Waals surface area contributed by atoms with Gasteiger partial charge in [0.05, 0.1) is 0 Å². The third kappa shape index (κ3) is 19.0. The van der Waals surface area contributed by atoms with Crippen molar-refractivity contribution < 1.29 is 0 Å². The minimum absolute atomic E-state index is 0.586. The van der Waals surface area contributed by atoms with Crippen molar-refractivity contribution >= 4 is 0 Å². The molecule has 37 heavy (non-hydrogen) atoms. The van der Waals surface area contributed by atoms with E-state index in [1.54, 1.807) is 0 Å². The van der Waals surface area contributed by atoms with E-state index in [-0.39, 0.29) is 0 Å². The van der Waals surface area contributed by atoms with E-state index in [1.807, 2.05) is 6.20 Å². The van der Waals surface area contributed by atoms with Crippen molar-refractivity contribution in [3.05, 3.63) is 18.2 Å². The lowest BCUT2D eigenvalue weighted by Gasteiger charge is -2.20. The van der Waals surface area contributed by atoms with Crippen LogP contribution in [0.4, 0.5) is 0 Å². The number of nitrogens with zero attached hydrogens (tertiary/aromatic N) is 2. The number of rotatable bonds is 28. The minimum atomic E-state index is 0.586. The Morgan fingerprint density at radius 3 is 1.27 bits per heavy atom. The van der Waals surface area contributed by atoms with Crippen LogP contribution in [0.5, 0.6) is 0 Å². The van der Waals surface area contributed by atoms with Gasteiger partial charge in [-0.25, -0.2) is 4.98 Å². The van der Waals surface area contributed by atoms with Gasteiger partial charge in [-0.15, -0.1) is 0 Å². The van der Waals surface area contributed by atoms with Crippen LogP contribution in [0.2, 0.25) is 0 Å². The van der Waals surface area contributed by atoms with E-state index < -0.39 is 0 Å². The molecule has 2 atom stereocenters. The number of aromatic nitrogens is 2. The highest BCUT2D eigenvalue weighted by atomic mass is 15.1. The fourth-order valence-electron chi connectivity index (χ4n) is 5.92. The summed E-state index contributed by atoms with van der Waals surface area (Å²) in [5.74, 6) is 1.91. The van der Waals surface area contributed by atoms with Crippen LogP contribution < -0.4 is 0 Å². The van der Waals surface area contributed by atoms with Gasteiger partial charge in [-0.2, -0.15) is 0 Å². The molecule has 0 saturated carbocycles. The molecule has 1 aromatic heterocycles. The zero-order chi connectivity index (χ0) is 26.8. The predicted octanol–water partition coefficient (Wildman–Crippen LogP) is 12.7. The Morgan fingerprint density at radius 1 is 0.514 bits per heavy atom. The molecule has 0 N–H and O–H groups in total. The number of hydrogen-bond acceptors (Lipinski definition) is 1. The monoisotopic (exact) mass is 517 g/mol. The summed E-state index contributed by atoms with van der Waals surface area (Å²) >= 11 is 0. The Morgan fingerprint density at radius 2 is 0.865 bits per heavy atom. The maximum atomic E-state index is 4.78. The van der Waals surface area contributed by atoms with Crippen molar-refractivity contribution in [2.45, 2.75) is 207 Å². The summed E-state index contributed by atoms with van der Waals surface area (Å²) in [4.78, 5) is 4.78. The van der Waals surface area contributed by atoms with Crippen molar-refractivity contribution in [1.82, 2.24) is 9.55 Å². The van der Waals surface area contributed by atoms with E-state index in [1.165, 1.54) is 173 Å². The third-order valence-corrected chi connectivity index (χ3v) is 8.58. The molecule has 0 bridgehead atoms. The lowest BCUT2D eigenvalue weighted by molar-refractivity contribution is 0.436. The molecule has 0 aliphatic rings.